The summed E-state index contributed by atoms with van der Waals surface area (Å²) in [4.78, 5) is 14.4. The molecular weight excluding hydrogens is 542 g/mol. The van der Waals surface area contributed by atoms with Gasteiger partial charge in [-0.25, -0.2) is 0 Å². The van der Waals surface area contributed by atoms with E-state index in [1.807, 2.05) is 48.5 Å². The Morgan fingerprint density at radius 3 is 2.62 bits per heavy atom. The third-order valence-corrected chi connectivity index (χ3v) is 4.24. The molecule has 0 saturated carbocycles. The maximum atomic E-state index is 10.0. The average Bonchev–Trinajstić information content (AvgIpc) is 2.70. The molecule has 4 aromatic rings. The second kappa shape index (κ2) is 8.56. The van der Waals surface area contributed by atoms with Gasteiger partial charge in [-0.05, 0) is 31.3 Å². The number of allylic oxidation sites excluding steroid dienone is 2. The van der Waals surface area contributed by atoms with Crippen LogP contribution in [0.3, 0.4) is 0 Å². The van der Waals surface area contributed by atoms with Crippen molar-refractivity contribution in [2.45, 2.75) is 13.8 Å². The molecule has 0 fully saturated rings. The number of hydrogen-bond acceptors (Lipinski definition) is 4. The molecule has 3 aromatic carbocycles. The Balaban J connectivity index is 0.000000299. The first-order chi connectivity index (χ1) is 14.3. The monoisotopic (exact) mass is 563 g/mol. The molecule has 0 bridgehead atoms. The third-order valence-electron chi connectivity index (χ3n) is 4.24. The summed E-state index contributed by atoms with van der Waals surface area (Å²) in [6, 6.07) is 19.0. The molecule has 0 spiro atoms. The molecule has 5 rings (SSSR count). The van der Waals surface area contributed by atoms with E-state index in [2.05, 4.69) is 11.1 Å². The fourth-order valence-corrected chi connectivity index (χ4v) is 3.16. The molecular formula is C24H18IrNO3-. The molecule has 1 aliphatic rings. The Labute approximate surface area is 185 Å². The first-order valence-corrected chi connectivity index (χ1v) is 8.76. The molecule has 0 aliphatic carbocycles. The third kappa shape index (κ3) is 4.21. The first kappa shape index (κ1) is 18.0. The summed E-state index contributed by atoms with van der Waals surface area (Å²) >= 11 is 0. The number of ketones is 1. The molecule has 29 heavy (non-hydrogen) atoms. The summed E-state index contributed by atoms with van der Waals surface area (Å²) in [6.07, 6.45) is 1.14. The standard InChI is InChI=1S/C19H10NO.C5H8O2.Ir/c1-2-5-14-11-17-15(10-13(14)4-1)19-18-12(8-9-20-19)6-3-7-16(18)21-17;1-4(6)3-5(2)7;/h1-9,11H;3,6H,1-2H3;/q-1;;/b;4-3-;/i8D,9D;;. The zero-order valence-electron chi connectivity index (χ0n) is 17.7. The van der Waals surface area contributed by atoms with E-state index in [0.29, 0.717) is 22.6 Å². The predicted molar refractivity (Wildman–Crippen MR) is 111 cm³/mol. The number of aliphatic hydroxyl groups is 1. The predicted octanol–water partition coefficient (Wildman–Crippen LogP) is 6.00. The number of rotatable bonds is 1. The minimum atomic E-state index is -0.125. The fourth-order valence-electron chi connectivity index (χ4n) is 3.16. The number of fused-ring (bicyclic) bond motifs is 3. The van der Waals surface area contributed by atoms with Crippen molar-refractivity contribution < 1.29 is 37.5 Å². The maximum absolute atomic E-state index is 10.0. The van der Waals surface area contributed by atoms with Gasteiger partial charge < -0.3 is 9.84 Å². The van der Waals surface area contributed by atoms with Crippen LogP contribution in [0, 0.1) is 6.07 Å². The molecule has 0 amide bonds. The second-order valence-corrected chi connectivity index (χ2v) is 6.47. The molecule has 1 radical (unpaired) electrons. The van der Waals surface area contributed by atoms with Crippen LogP contribution in [0.4, 0.5) is 0 Å². The summed E-state index contributed by atoms with van der Waals surface area (Å²) < 4.78 is 22.1. The molecule has 5 heteroatoms. The van der Waals surface area contributed by atoms with E-state index in [1.54, 1.807) is 0 Å². The van der Waals surface area contributed by atoms with Gasteiger partial charge in [-0.2, -0.15) is 0 Å². The van der Waals surface area contributed by atoms with Gasteiger partial charge >= 0.3 is 0 Å². The van der Waals surface area contributed by atoms with Crippen molar-refractivity contribution in [1.82, 2.24) is 4.98 Å². The Morgan fingerprint density at radius 1 is 1.14 bits per heavy atom. The van der Waals surface area contributed by atoms with Gasteiger partial charge in [0.25, 0.3) is 0 Å². The van der Waals surface area contributed by atoms with Crippen molar-refractivity contribution in [2.24, 2.45) is 0 Å². The van der Waals surface area contributed by atoms with Crippen LogP contribution in [0.1, 0.15) is 16.6 Å². The van der Waals surface area contributed by atoms with Gasteiger partial charge in [0, 0.05) is 43.4 Å². The smallest absolute Gasteiger partial charge is 0.155 e. The zero-order valence-corrected chi connectivity index (χ0v) is 18.1. The molecule has 147 valence electrons. The van der Waals surface area contributed by atoms with Crippen LogP contribution >= 0.6 is 0 Å². The number of aliphatic hydroxyl groups excluding tert-OH is 1. The first-order valence-electron chi connectivity index (χ1n) is 9.76. The van der Waals surface area contributed by atoms with Crippen molar-refractivity contribution in [3.63, 3.8) is 0 Å². The minimum Gasteiger partial charge on any atom is -0.512 e. The minimum absolute atomic E-state index is 0. The number of benzene rings is 3. The fraction of sp³-hybridized carbons (Fsp3) is 0.0833. The maximum Gasteiger partial charge on any atom is 0.155 e. The van der Waals surface area contributed by atoms with Crippen LogP contribution in [-0.2, 0) is 24.9 Å². The largest absolute Gasteiger partial charge is 0.512 e. The van der Waals surface area contributed by atoms with E-state index in [4.69, 9.17) is 12.6 Å². The van der Waals surface area contributed by atoms with Gasteiger partial charge in [0.1, 0.15) is 5.75 Å². The van der Waals surface area contributed by atoms with Crippen LogP contribution < -0.4 is 4.74 Å². The van der Waals surface area contributed by atoms with E-state index in [0.717, 1.165) is 21.7 Å². The summed E-state index contributed by atoms with van der Waals surface area (Å²) in [7, 11) is 0. The van der Waals surface area contributed by atoms with Gasteiger partial charge in [0.05, 0.1) is 14.3 Å². The number of hydrogen-bond donors (Lipinski definition) is 1. The van der Waals surface area contributed by atoms with Crippen LogP contribution in [0.25, 0.3) is 32.8 Å². The van der Waals surface area contributed by atoms with Crippen LogP contribution in [-0.4, -0.2) is 15.9 Å². The van der Waals surface area contributed by atoms with Crippen molar-refractivity contribution in [3.8, 4) is 22.8 Å². The molecule has 0 unspecified atom stereocenters. The average molecular weight is 563 g/mol. The van der Waals surface area contributed by atoms with Crippen LogP contribution in [0.5, 0.6) is 11.5 Å². The Morgan fingerprint density at radius 2 is 1.90 bits per heavy atom. The summed E-state index contributed by atoms with van der Waals surface area (Å²) in [5.41, 5.74) is 1.42. The molecule has 1 aromatic heterocycles. The van der Waals surface area contributed by atoms with Gasteiger partial charge in [0.15, 0.2) is 5.78 Å². The molecule has 1 N–H and O–H groups in total. The summed E-state index contributed by atoms with van der Waals surface area (Å²) in [5, 5.41) is 11.9. The van der Waals surface area contributed by atoms with Crippen molar-refractivity contribution in [1.29, 1.82) is 0 Å². The number of carbonyl (C=O) groups excluding carboxylic acids is 1. The van der Waals surface area contributed by atoms with Gasteiger partial charge in [-0.3, -0.25) is 9.78 Å². The second-order valence-electron chi connectivity index (χ2n) is 6.47. The topological polar surface area (TPSA) is 59.4 Å². The van der Waals surface area contributed by atoms with E-state index in [1.165, 1.54) is 19.9 Å². The van der Waals surface area contributed by atoms with E-state index >= 15 is 0 Å². The van der Waals surface area contributed by atoms with Crippen molar-refractivity contribution in [2.75, 3.05) is 0 Å². The van der Waals surface area contributed by atoms with Crippen LogP contribution in [0.2, 0.25) is 0 Å². The van der Waals surface area contributed by atoms with Crippen molar-refractivity contribution in [3.05, 3.63) is 78.6 Å². The van der Waals surface area contributed by atoms with Gasteiger partial charge in [-0.15, -0.1) is 17.5 Å². The number of nitrogens with zero attached hydrogens (tertiary/aromatic N) is 1. The summed E-state index contributed by atoms with van der Waals surface area (Å²) in [6.45, 7) is 2.85. The molecule has 0 saturated heterocycles. The van der Waals surface area contributed by atoms with E-state index in [-0.39, 0.29) is 43.9 Å². The number of carbonyl (C=O) groups is 1. The summed E-state index contributed by atoms with van der Waals surface area (Å²) in [5.74, 6) is 1.30. The number of pyridine rings is 1. The van der Waals surface area contributed by atoms with Crippen molar-refractivity contribution >= 4 is 27.3 Å². The van der Waals surface area contributed by atoms with Gasteiger partial charge in [-0.1, -0.05) is 47.3 Å². The SMILES string of the molecule is CC(=O)/C=C(/C)O.[2H]c1nc2c3c(cccc3c1[2H])Oc1cc3ccccc3[c-]c1-2.[Ir]. The Bertz CT molecular complexity index is 1350. The van der Waals surface area contributed by atoms with Crippen LogP contribution in [0.15, 0.2) is 72.6 Å². The number of aromatic nitrogens is 1. The quantitative estimate of drug-likeness (QED) is 0.155. The Kier molecular flexibility index (Phi) is 5.33. The molecule has 1 aliphatic heterocycles. The normalized spacial score (nSPS) is 12.6. The number of ether oxygens (including phenoxy) is 1. The van der Waals surface area contributed by atoms with Gasteiger partial charge in [0.2, 0.25) is 0 Å². The molecule has 0 atom stereocenters. The van der Waals surface area contributed by atoms with E-state index < -0.39 is 0 Å². The van der Waals surface area contributed by atoms with E-state index in [9.17, 15) is 4.79 Å². The Hall–Kier alpha value is -3.01. The molecule has 2 heterocycles. The molecule has 4 nitrogen and oxygen atoms in total. The zero-order chi connectivity index (χ0) is 21.4.